The molecule has 2 amide bonds. The smallest absolute Gasteiger partial charge is 0.227 e. The molecule has 0 saturated carbocycles. The zero-order chi connectivity index (χ0) is 20.3. The summed E-state index contributed by atoms with van der Waals surface area (Å²) in [6.45, 7) is 1.51. The van der Waals surface area contributed by atoms with Crippen LogP contribution in [-0.2, 0) is 22.6 Å². The molecular formula is C21H24N2O5. The second kappa shape index (κ2) is 8.31. The number of anilines is 1. The average Bonchev–Trinajstić information content (AvgIpc) is 2.69. The van der Waals surface area contributed by atoms with E-state index in [9.17, 15) is 14.7 Å². The molecule has 1 aliphatic rings. The molecule has 0 aromatic heterocycles. The Morgan fingerprint density at radius 3 is 2.46 bits per heavy atom. The van der Waals surface area contributed by atoms with Crippen LogP contribution in [0.25, 0.3) is 0 Å². The molecule has 1 atom stereocenters. The molecule has 3 rings (SSSR count). The zero-order valence-electron chi connectivity index (χ0n) is 16.2. The number of nitrogens with one attached hydrogen (secondary N) is 1. The Balaban J connectivity index is 1.99. The van der Waals surface area contributed by atoms with E-state index in [4.69, 9.17) is 9.47 Å². The van der Waals surface area contributed by atoms with E-state index in [-0.39, 0.29) is 24.8 Å². The van der Waals surface area contributed by atoms with Crippen LogP contribution in [-0.4, -0.2) is 42.6 Å². The van der Waals surface area contributed by atoms with Crippen LogP contribution in [0, 0.1) is 0 Å². The quantitative estimate of drug-likeness (QED) is 0.798. The fourth-order valence-electron chi connectivity index (χ4n) is 3.58. The van der Waals surface area contributed by atoms with Crippen molar-refractivity contribution in [2.75, 3.05) is 26.1 Å². The number of amides is 2. The van der Waals surface area contributed by atoms with E-state index < -0.39 is 6.04 Å². The van der Waals surface area contributed by atoms with E-state index in [0.29, 0.717) is 18.0 Å². The number of methoxy groups -OCH3 is 2. The van der Waals surface area contributed by atoms with Crippen LogP contribution < -0.4 is 14.8 Å². The lowest BCUT2D eigenvalue weighted by molar-refractivity contribution is -0.136. The van der Waals surface area contributed by atoms with E-state index in [1.165, 1.54) is 14.0 Å². The summed E-state index contributed by atoms with van der Waals surface area (Å²) in [6.07, 6.45) is 0.207. The van der Waals surface area contributed by atoms with Crippen LogP contribution in [0.3, 0.4) is 0 Å². The fraction of sp³-hybridized carbons (Fsp3) is 0.333. The van der Waals surface area contributed by atoms with Gasteiger partial charge < -0.3 is 24.8 Å². The van der Waals surface area contributed by atoms with Gasteiger partial charge in [0.2, 0.25) is 11.8 Å². The second-order valence-electron chi connectivity index (χ2n) is 6.65. The van der Waals surface area contributed by atoms with E-state index in [0.717, 1.165) is 22.4 Å². The highest BCUT2D eigenvalue weighted by Gasteiger charge is 2.35. The van der Waals surface area contributed by atoms with Gasteiger partial charge >= 0.3 is 0 Å². The molecule has 7 heteroatoms. The minimum atomic E-state index is -0.568. The summed E-state index contributed by atoms with van der Waals surface area (Å²) >= 11 is 0. The third kappa shape index (κ3) is 3.80. The van der Waals surface area contributed by atoms with Crippen LogP contribution in [0.5, 0.6) is 11.5 Å². The second-order valence-corrected chi connectivity index (χ2v) is 6.65. The number of carbonyl (C=O) groups is 2. The van der Waals surface area contributed by atoms with Gasteiger partial charge in [-0.25, -0.2) is 0 Å². The van der Waals surface area contributed by atoms with Crippen LogP contribution in [0.15, 0.2) is 36.4 Å². The maximum absolute atomic E-state index is 12.8. The van der Waals surface area contributed by atoms with Crippen molar-refractivity contribution in [3.63, 3.8) is 0 Å². The highest BCUT2D eigenvalue weighted by atomic mass is 16.5. The normalized spacial score (nSPS) is 15.8. The summed E-state index contributed by atoms with van der Waals surface area (Å²) < 4.78 is 10.7. The molecule has 1 aliphatic heterocycles. The van der Waals surface area contributed by atoms with E-state index >= 15 is 0 Å². The number of rotatable bonds is 6. The van der Waals surface area contributed by atoms with Crippen LogP contribution in [0.2, 0.25) is 0 Å². The van der Waals surface area contributed by atoms with Crippen molar-refractivity contribution in [2.45, 2.75) is 25.9 Å². The summed E-state index contributed by atoms with van der Waals surface area (Å²) in [6, 6.07) is 10.4. The maximum atomic E-state index is 12.8. The number of benzene rings is 2. The number of nitrogens with zero attached hydrogens (tertiary/aromatic N) is 1. The van der Waals surface area contributed by atoms with Crippen molar-refractivity contribution in [1.82, 2.24) is 4.90 Å². The van der Waals surface area contributed by atoms with Gasteiger partial charge in [-0.3, -0.25) is 9.59 Å². The summed E-state index contributed by atoms with van der Waals surface area (Å²) in [5, 5.41) is 12.9. The van der Waals surface area contributed by atoms with Crippen LogP contribution in [0.1, 0.15) is 29.7 Å². The molecule has 0 fully saturated rings. The molecule has 2 aromatic rings. The highest BCUT2D eigenvalue weighted by Crippen LogP contribution is 2.42. The number of aliphatic hydroxyl groups is 1. The number of aliphatic hydroxyl groups excluding tert-OH is 1. The Morgan fingerprint density at radius 2 is 1.89 bits per heavy atom. The summed E-state index contributed by atoms with van der Waals surface area (Å²) in [4.78, 5) is 26.0. The lowest BCUT2D eigenvalue weighted by Crippen LogP contribution is -2.41. The van der Waals surface area contributed by atoms with E-state index in [1.807, 2.05) is 24.3 Å². The molecule has 0 radical (unpaired) electrons. The van der Waals surface area contributed by atoms with Crippen molar-refractivity contribution in [3.8, 4) is 11.5 Å². The first-order valence-electron chi connectivity index (χ1n) is 8.99. The summed E-state index contributed by atoms with van der Waals surface area (Å²) in [5.74, 6) is 0.913. The monoisotopic (exact) mass is 384 g/mol. The Kier molecular flexibility index (Phi) is 5.84. The SMILES string of the molecule is COc1ccc(CN2C(=O)Cc3ccc(NC(C)=O)c(OC)c3[C@@H]2CO)cc1. The summed E-state index contributed by atoms with van der Waals surface area (Å²) in [7, 11) is 3.11. The molecule has 2 aromatic carbocycles. The van der Waals surface area contributed by atoms with Crippen LogP contribution in [0.4, 0.5) is 5.69 Å². The van der Waals surface area contributed by atoms with Gasteiger partial charge in [0.1, 0.15) is 11.5 Å². The van der Waals surface area contributed by atoms with E-state index in [1.54, 1.807) is 24.1 Å². The predicted molar refractivity (Wildman–Crippen MR) is 104 cm³/mol. The molecule has 0 saturated heterocycles. The van der Waals surface area contributed by atoms with Gasteiger partial charge in [0, 0.05) is 19.0 Å². The molecule has 0 unspecified atom stereocenters. The molecule has 28 heavy (non-hydrogen) atoms. The minimum Gasteiger partial charge on any atom is -0.497 e. The largest absolute Gasteiger partial charge is 0.497 e. The maximum Gasteiger partial charge on any atom is 0.227 e. The van der Waals surface area contributed by atoms with Gasteiger partial charge in [0.25, 0.3) is 0 Å². The Morgan fingerprint density at radius 1 is 1.18 bits per heavy atom. The highest BCUT2D eigenvalue weighted by molar-refractivity contribution is 5.92. The first-order valence-corrected chi connectivity index (χ1v) is 8.99. The van der Waals surface area contributed by atoms with Crippen molar-refractivity contribution in [3.05, 3.63) is 53.1 Å². The Bertz CT molecular complexity index is 879. The number of ether oxygens (including phenoxy) is 2. The van der Waals surface area contributed by atoms with Gasteiger partial charge in [0.05, 0.1) is 39.0 Å². The van der Waals surface area contributed by atoms with Gasteiger partial charge in [0.15, 0.2) is 0 Å². The van der Waals surface area contributed by atoms with Crippen molar-refractivity contribution in [2.24, 2.45) is 0 Å². The fourth-order valence-corrected chi connectivity index (χ4v) is 3.58. The molecule has 7 nitrogen and oxygen atoms in total. The van der Waals surface area contributed by atoms with Crippen molar-refractivity contribution >= 4 is 17.5 Å². The zero-order valence-corrected chi connectivity index (χ0v) is 16.2. The Labute approximate surface area is 163 Å². The third-order valence-electron chi connectivity index (χ3n) is 4.86. The van der Waals surface area contributed by atoms with E-state index in [2.05, 4.69) is 5.32 Å². The van der Waals surface area contributed by atoms with Gasteiger partial charge in [-0.1, -0.05) is 18.2 Å². The average molecular weight is 384 g/mol. The standard InChI is InChI=1S/C21H24N2O5/c1-13(25)22-17-9-6-15-10-19(26)23(18(12-24)20(15)21(17)28-3)11-14-4-7-16(27-2)8-5-14/h4-9,18,24H,10-12H2,1-3H3,(H,22,25)/t18-/m0/s1. The molecular weight excluding hydrogens is 360 g/mol. The van der Waals surface area contributed by atoms with Crippen molar-refractivity contribution < 1.29 is 24.2 Å². The molecule has 0 bridgehead atoms. The van der Waals surface area contributed by atoms with Gasteiger partial charge in [-0.15, -0.1) is 0 Å². The summed E-state index contributed by atoms with van der Waals surface area (Å²) in [5.41, 5.74) is 2.96. The third-order valence-corrected chi connectivity index (χ3v) is 4.86. The number of fused-ring (bicyclic) bond motifs is 1. The van der Waals surface area contributed by atoms with Gasteiger partial charge in [-0.2, -0.15) is 0 Å². The topological polar surface area (TPSA) is 88.1 Å². The number of hydrogen-bond acceptors (Lipinski definition) is 5. The first kappa shape index (κ1) is 19.7. The van der Waals surface area contributed by atoms with Gasteiger partial charge in [-0.05, 0) is 29.3 Å². The molecule has 148 valence electrons. The number of carbonyl (C=O) groups excluding carboxylic acids is 2. The predicted octanol–water partition coefficient (Wildman–Crippen LogP) is 2.28. The Hall–Kier alpha value is -3.06. The molecule has 1 heterocycles. The number of hydrogen-bond donors (Lipinski definition) is 2. The lowest BCUT2D eigenvalue weighted by atomic mass is 9.90. The molecule has 0 spiro atoms. The van der Waals surface area contributed by atoms with Crippen molar-refractivity contribution in [1.29, 1.82) is 0 Å². The first-order chi connectivity index (χ1) is 13.5. The lowest BCUT2D eigenvalue weighted by Gasteiger charge is -2.37. The molecule has 0 aliphatic carbocycles. The minimum absolute atomic E-state index is 0.0725. The molecule has 2 N–H and O–H groups in total. The van der Waals surface area contributed by atoms with Crippen LogP contribution >= 0.6 is 0 Å².